The lowest BCUT2D eigenvalue weighted by molar-refractivity contribution is -0.124. The van der Waals surface area contributed by atoms with Crippen LogP contribution in [0, 0.1) is 0 Å². The number of nitrogens with two attached hydrogens (primary N) is 1. The Bertz CT molecular complexity index is 213. The minimum atomic E-state index is -0.507. The zero-order valence-corrected chi connectivity index (χ0v) is 9.27. The molecule has 0 radical (unpaired) electrons. The molecule has 1 aliphatic carbocycles. The van der Waals surface area contributed by atoms with Crippen molar-refractivity contribution in [3.63, 3.8) is 0 Å². The standard InChI is InChI=1S/C9H18N2O2S/c1-11-9(8(10)13)3-2-7(6-9)14-5-4-12/h7,11-12H,2-6H2,1H3,(H2,10,13). The molecule has 0 saturated heterocycles. The van der Waals surface area contributed by atoms with Crippen molar-refractivity contribution in [1.29, 1.82) is 0 Å². The third-order valence-corrected chi connectivity index (χ3v) is 4.16. The molecule has 0 heterocycles. The second-order valence-corrected chi connectivity index (χ2v) is 5.06. The fraction of sp³-hybridized carbons (Fsp3) is 0.889. The second kappa shape index (κ2) is 5.00. The number of rotatable bonds is 5. The third-order valence-electron chi connectivity index (χ3n) is 2.86. The number of carbonyl (C=O) groups is 1. The van der Waals surface area contributed by atoms with Crippen LogP contribution in [-0.2, 0) is 4.79 Å². The van der Waals surface area contributed by atoms with Gasteiger partial charge in [-0.3, -0.25) is 4.79 Å². The molecule has 0 aliphatic heterocycles. The highest BCUT2D eigenvalue weighted by atomic mass is 32.2. The van der Waals surface area contributed by atoms with Crippen molar-refractivity contribution >= 4 is 17.7 Å². The number of hydrogen-bond acceptors (Lipinski definition) is 4. The summed E-state index contributed by atoms with van der Waals surface area (Å²) in [6.07, 6.45) is 2.58. The van der Waals surface area contributed by atoms with E-state index < -0.39 is 5.54 Å². The Morgan fingerprint density at radius 2 is 2.50 bits per heavy atom. The number of aliphatic hydroxyl groups is 1. The van der Waals surface area contributed by atoms with Crippen LogP contribution in [0.5, 0.6) is 0 Å². The van der Waals surface area contributed by atoms with Crippen molar-refractivity contribution in [2.24, 2.45) is 5.73 Å². The van der Waals surface area contributed by atoms with E-state index in [-0.39, 0.29) is 12.5 Å². The largest absolute Gasteiger partial charge is 0.396 e. The maximum atomic E-state index is 11.3. The van der Waals surface area contributed by atoms with Gasteiger partial charge < -0.3 is 16.2 Å². The first-order valence-corrected chi connectivity index (χ1v) is 5.91. The number of aliphatic hydroxyl groups excluding tert-OH is 1. The van der Waals surface area contributed by atoms with E-state index >= 15 is 0 Å². The molecule has 0 aromatic rings. The van der Waals surface area contributed by atoms with Gasteiger partial charge in [0.15, 0.2) is 0 Å². The molecule has 4 nitrogen and oxygen atoms in total. The van der Waals surface area contributed by atoms with Crippen molar-refractivity contribution < 1.29 is 9.90 Å². The Hall–Kier alpha value is -0.260. The molecule has 1 amide bonds. The van der Waals surface area contributed by atoms with Gasteiger partial charge in [-0.2, -0.15) is 11.8 Å². The Labute approximate surface area is 88.6 Å². The summed E-state index contributed by atoms with van der Waals surface area (Å²) >= 11 is 1.72. The molecule has 14 heavy (non-hydrogen) atoms. The zero-order valence-electron chi connectivity index (χ0n) is 8.45. The first-order chi connectivity index (χ1) is 6.64. The fourth-order valence-corrected chi connectivity index (χ4v) is 3.06. The molecule has 1 fully saturated rings. The molecule has 4 N–H and O–H groups in total. The Balaban J connectivity index is 2.48. The van der Waals surface area contributed by atoms with Gasteiger partial charge in [0.05, 0.1) is 12.1 Å². The summed E-state index contributed by atoms with van der Waals surface area (Å²) in [6, 6.07) is 0. The van der Waals surface area contributed by atoms with E-state index in [4.69, 9.17) is 10.8 Å². The lowest BCUT2D eigenvalue weighted by Crippen LogP contribution is -2.52. The molecular weight excluding hydrogens is 200 g/mol. The van der Waals surface area contributed by atoms with Gasteiger partial charge in [0.25, 0.3) is 0 Å². The van der Waals surface area contributed by atoms with Crippen LogP contribution < -0.4 is 11.1 Å². The molecule has 0 aromatic carbocycles. The summed E-state index contributed by atoms with van der Waals surface area (Å²) in [6.45, 7) is 0.199. The number of thioether (sulfide) groups is 1. The molecule has 2 atom stereocenters. The minimum Gasteiger partial charge on any atom is -0.396 e. The van der Waals surface area contributed by atoms with Gasteiger partial charge in [-0.15, -0.1) is 0 Å². The third kappa shape index (κ3) is 2.40. The molecule has 0 aromatic heterocycles. The lowest BCUT2D eigenvalue weighted by Gasteiger charge is -2.24. The van der Waals surface area contributed by atoms with Crippen LogP contribution in [0.15, 0.2) is 0 Å². The second-order valence-electron chi connectivity index (χ2n) is 3.66. The summed E-state index contributed by atoms with van der Waals surface area (Å²) in [4.78, 5) is 11.3. The fourth-order valence-electron chi connectivity index (χ4n) is 1.94. The quantitative estimate of drug-likeness (QED) is 0.592. The van der Waals surface area contributed by atoms with Crippen LogP contribution >= 0.6 is 11.8 Å². The van der Waals surface area contributed by atoms with E-state index in [0.717, 1.165) is 25.0 Å². The SMILES string of the molecule is CNC1(C(N)=O)CCC(SCCO)C1. The van der Waals surface area contributed by atoms with Crippen molar-refractivity contribution in [2.45, 2.75) is 30.1 Å². The molecule has 82 valence electrons. The van der Waals surface area contributed by atoms with E-state index in [1.165, 1.54) is 0 Å². The van der Waals surface area contributed by atoms with Crippen LogP contribution in [-0.4, -0.2) is 41.2 Å². The van der Waals surface area contributed by atoms with E-state index in [0.29, 0.717) is 5.25 Å². The molecule has 5 heteroatoms. The zero-order chi connectivity index (χ0) is 10.6. The number of likely N-dealkylation sites (N-methyl/N-ethyl adjacent to an activating group) is 1. The summed E-state index contributed by atoms with van der Waals surface area (Å²) in [5, 5.41) is 12.2. The maximum absolute atomic E-state index is 11.3. The maximum Gasteiger partial charge on any atom is 0.237 e. The van der Waals surface area contributed by atoms with Crippen LogP contribution in [0.3, 0.4) is 0 Å². The van der Waals surface area contributed by atoms with Crippen molar-refractivity contribution in [2.75, 3.05) is 19.4 Å². The van der Waals surface area contributed by atoms with Crippen LogP contribution in [0.25, 0.3) is 0 Å². The van der Waals surface area contributed by atoms with Gasteiger partial charge in [-0.25, -0.2) is 0 Å². The predicted molar refractivity (Wildman–Crippen MR) is 58.2 cm³/mol. The van der Waals surface area contributed by atoms with Crippen LogP contribution in [0.1, 0.15) is 19.3 Å². The number of primary amides is 1. The Morgan fingerprint density at radius 1 is 1.79 bits per heavy atom. The van der Waals surface area contributed by atoms with E-state index in [9.17, 15) is 4.79 Å². The molecule has 1 aliphatic rings. The highest BCUT2D eigenvalue weighted by Gasteiger charge is 2.42. The highest BCUT2D eigenvalue weighted by molar-refractivity contribution is 7.99. The number of amides is 1. The Morgan fingerprint density at radius 3 is 2.93 bits per heavy atom. The summed E-state index contributed by atoms with van der Waals surface area (Å²) in [7, 11) is 1.78. The van der Waals surface area contributed by atoms with E-state index in [1.807, 2.05) is 0 Å². The van der Waals surface area contributed by atoms with Gasteiger partial charge >= 0.3 is 0 Å². The van der Waals surface area contributed by atoms with Gasteiger partial charge in [-0.05, 0) is 26.3 Å². The number of carbonyl (C=O) groups excluding carboxylic acids is 1. The van der Waals surface area contributed by atoms with Crippen molar-refractivity contribution in [3.8, 4) is 0 Å². The molecule has 0 bridgehead atoms. The topological polar surface area (TPSA) is 75.3 Å². The van der Waals surface area contributed by atoms with Crippen LogP contribution in [0.2, 0.25) is 0 Å². The monoisotopic (exact) mass is 218 g/mol. The Kier molecular flexibility index (Phi) is 4.22. The number of hydrogen-bond donors (Lipinski definition) is 3. The predicted octanol–water partition coefficient (Wildman–Crippen LogP) is -0.292. The minimum absolute atomic E-state index is 0.199. The molecular formula is C9H18N2O2S. The van der Waals surface area contributed by atoms with Gasteiger partial charge in [0, 0.05) is 11.0 Å². The van der Waals surface area contributed by atoms with E-state index in [2.05, 4.69) is 5.32 Å². The first-order valence-electron chi connectivity index (χ1n) is 4.86. The van der Waals surface area contributed by atoms with E-state index in [1.54, 1.807) is 18.8 Å². The highest BCUT2D eigenvalue weighted by Crippen LogP contribution is 2.36. The van der Waals surface area contributed by atoms with Crippen molar-refractivity contribution in [1.82, 2.24) is 5.32 Å². The average molecular weight is 218 g/mol. The van der Waals surface area contributed by atoms with Gasteiger partial charge in [0.2, 0.25) is 5.91 Å². The molecule has 1 saturated carbocycles. The summed E-state index contributed by atoms with van der Waals surface area (Å²) < 4.78 is 0. The summed E-state index contributed by atoms with van der Waals surface area (Å²) in [5.74, 6) is 0.482. The van der Waals surface area contributed by atoms with Crippen LogP contribution in [0.4, 0.5) is 0 Å². The average Bonchev–Trinajstić information content (AvgIpc) is 2.59. The first kappa shape index (κ1) is 11.8. The summed E-state index contributed by atoms with van der Waals surface area (Å²) in [5.41, 5.74) is 4.87. The van der Waals surface area contributed by atoms with Gasteiger partial charge in [0.1, 0.15) is 0 Å². The smallest absolute Gasteiger partial charge is 0.237 e. The molecule has 1 rings (SSSR count). The lowest BCUT2D eigenvalue weighted by atomic mass is 9.97. The molecule has 2 unspecified atom stereocenters. The van der Waals surface area contributed by atoms with Crippen molar-refractivity contribution in [3.05, 3.63) is 0 Å². The number of nitrogens with one attached hydrogen (secondary N) is 1. The molecule has 0 spiro atoms. The normalized spacial score (nSPS) is 32.0. The van der Waals surface area contributed by atoms with Gasteiger partial charge in [-0.1, -0.05) is 0 Å².